The zero-order valence-electron chi connectivity index (χ0n) is 21.2. The Balaban J connectivity index is 1.57. The molecule has 0 unspecified atom stereocenters. The molecular weight excluding hydrogens is 466 g/mol. The summed E-state index contributed by atoms with van der Waals surface area (Å²) in [7, 11) is 1.60. The van der Waals surface area contributed by atoms with Crippen LogP contribution in [0.1, 0.15) is 27.0 Å². The summed E-state index contributed by atoms with van der Waals surface area (Å²) in [5.74, 6) is 1.24. The minimum absolute atomic E-state index is 0.0907. The van der Waals surface area contributed by atoms with Crippen molar-refractivity contribution in [3.05, 3.63) is 101 Å². The quantitative estimate of drug-likeness (QED) is 0.327. The summed E-state index contributed by atoms with van der Waals surface area (Å²) >= 11 is 0. The summed E-state index contributed by atoms with van der Waals surface area (Å²) < 4.78 is 16.9. The van der Waals surface area contributed by atoms with Crippen molar-refractivity contribution < 1.29 is 18.8 Å². The van der Waals surface area contributed by atoms with Crippen molar-refractivity contribution in [3.8, 4) is 17.0 Å². The average molecular weight is 498 g/mol. The minimum atomic E-state index is -0.0907. The highest BCUT2D eigenvalue weighted by molar-refractivity contribution is 5.94. The van der Waals surface area contributed by atoms with E-state index in [2.05, 4.69) is 29.1 Å². The van der Waals surface area contributed by atoms with Gasteiger partial charge >= 0.3 is 0 Å². The zero-order chi connectivity index (χ0) is 25.6. The molecule has 0 spiro atoms. The van der Waals surface area contributed by atoms with Crippen LogP contribution in [0.2, 0.25) is 0 Å². The van der Waals surface area contributed by atoms with E-state index in [-0.39, 0.29) is 5.91 Å². The van der Waals surface area contributed by atoms with Crippen LogP contribution in [0.5, 0.6) is 5.75 Å². The number of carbonyl (C=O) groups is 1. The largest absolute Gasteiger partial charge is 0.497 e. The second-order valence-electron chi connectivity index (χ2n) is 9.16. The van der Waals surface area contributed by atoms with Gasteiger partial charge in [-0.05, 0) is 36.8 Å². The lowest BCUT2D eigenvalue weighted by molar-refractivity contribution is 0.0729. The van der Waals surface area contributed by atoms with E-state index < -0.39 is 0 Å². The van der Waals surface area contributed by atoms with E-state index in [1.54, 1.807) is 13.2 Å². The van der Waals surface area contributed by atoms with Crippen molar-refractivity contribution in [2.45, 2.75) is 20.0 Å². The van der Waals surface area contributed by atoms with Gasteiger partial charge in [0.15, 0.2) is 0 Å². The first kappa shape index (κ1) is 24.6. The Labute approximate surface area is 217 Å². The van der Waals surface area contributed by atoms with Crippen molar-refractivity contribution in [2.75, 3.05) is 38.3 Å². The van der Waals surface area contributed by atoms with Gasteiger partial charge in [0.2, 0.25) is 5.88 Å². The van der Waals surface area contributed by atoms with Crippen molar-refractivity contribution in [2.24, 2.45) is 0 Å². The van der Waals surface area contributed by atoms with Gasteiger partial charge in [0.25, 0.3) is 5.91 Å². The third-order valence-corrected chi connectivity index (χ3v) is 6.53. The first-order valence-electron chi connectivity index (χ1n) is 12.5. The maximum Gasteiger partial charge on any atom is 0.254 e. The SMILES string of the molecule is COc1cccc(C(=O)N(Cc2ccccc2)Cc2c(-c3cccc(C)c3)noc2N2CCOCC2)c1. The molecule has 1 fully saturated rings. The van der Waals surface area contributed by atoms with Crippen LogP contribution in [0.4, 0.5) is 5.88 Å². The highest BCUT2D eigenvalue weighted by Crippen LogP contribution is 2.34. The maximum absolute atomic E-state index is 13.9. The van der Waals surface area contributed by atoms with Gasteiger partial charge in [0.1, 0.15) is 11.4 Å². The summed E-state index contributed by atoms with van der Waals surface area (Å²) in [5.41, 5.74) is 5.35. The number of amides is 1. The summed E-state index contributed by atoms with van der Waals surface area (Å²) in [4.78, 5) is 17.9. The molecule has 4 aromatic rings. The number of methoxy groups -OCH3 is 1. The molecule has 190 valence electrons. The van der Waals surface area contributed by atoms with Crippen molar-refractivity contribution in [1.82, 2.24) is 10.1 Å². The van der Waals surface area contributed by atoms with Crippen molar-refractivity contribution in [3.63, 3.8) is 0 Å². The Morgan fingerprint density at radius 3 is 2.51 bits per heavy atom. The molecule has 5 rings (SSSR count). The molecule has 1 aromatic heterocycles. The number of anilines is 1. The van der Waals surface area contributed by atoms with Gasteiger partial charge in [0.05, 0.1) is 32.4 Å². The minimum Gasteiger partial charge on any atom is -0.497 e. The molecule has 1 aliphatic rings. The van der Waals surface area contributed by atoms with Crippen LogP contribution in [0.3, 0.4) is 0 Å². The van der Waals surface area contributed by atoms with E-state index in [0.29, 0.717) is 56.6 Å². The highest BCUT2D eigenvalue weighted by Gasteiger charge is 2.28. The molecular formula is C30H31N3O4. The van der Waals surface area contributed by atoms with Crippen molar-refractivity contribution >= 4 is 11.8 Å². The molecule has 2 heterocycles. The molecule has 7 nitrogen and oxygen atoms in total. The summed E-state index contributed by atoms with van der Waals surface area (Å²) in [5, 5.41) is 4.51. The van der Waals surface area contributed by atoms with Crippen molar-refractivity contribution in [1.29, 1.82) is 0 Å². The van der Waals surface area contributed by atoms with Gasteiger partial charge < -0.3 is 23.8 Å². The highest BCUT2D eigenvalue weighted by atomic mass is 16.5. The molecule has 1 amide bonds. The summed E-state index contributed by atoms with van der Waals surface area (Å²) in [6.45, 7) is 5.49. The fraction of sp³-hybridized carbons (Fsp3) is 0.267. The third kappa shape index (κ3) is 5.67. The molecule has 0 radical (unpaired) electrons. The number of hydrogen-bond donors (Lipinski definition) is 0. The van der Waals surface area contributed by atoms with Crippen LogP contribution in [0, 0.1) is 6.92 Å². The Hall–Kier alpha value is -4.10. The van der Waals surface area contributed by atoms with Crippen LogP contribution in [-0.2, 0) is 17.8 Å². The molecule has 0 aliphatic carbocycles. The Bertz CT molecular complexity index is 1350. The molecule has 0 bridgehead atoms. The lowest BCUT2D eigenvalue weighted by Gasteiger charge is -2.28. The second kappa shape index (κ2) is 11.3. The van der Waals surface area contributed by atoms with Gasteiger partial charge in [-0.3, -0.25) is 4.79 Å². The number of nitrogens with zero attached hydrogens (tertiary/aromatic N) is 3. The van der Waals surface area contributed by atoms with E-state index in [1.165, 1.54) is 0 Å². The Morgan fingerprint density at radius 1 is 0.973 bits per heavy atom. The third-order valence-electron chi connectivity index (χ3n) is 6.53. The fourth-order valence-electron chi connectivity index (χ4n) is 4.61. The maximum atomic E-state index is 13.9. The van der Waals surface area contributed by atoms with E-state index in [1.807, 2.05) is 65.6 Å². The van der Waals surface area contributed by atoms with E-state index in [9.17, 15) is 4.79 Å². The van der Waals surface area contributed by atoms with Crippen LogP contribution in [0.25, 0.3) is 11.3 Å². The smallest absolute Gasteiger partial charge is 0.254 e. The molecule has 1 saturated heterocycles. The second-order valence-corrected chi connectivity index (χ2v) is 9.16. The Morgan fingerprint density at radius 2 is 1.76 bits per heavy atom. The number of aromatic nitrogens is 1. The van der Waals surface area contributed by atoms with Crippen LogP contribution in [-0.4, -0.2) is 49.4 Å². The lowest BCUT2D eigenvalue weighted by atomic mass is 10.0. The molecule has 0 saturated carbocycles. The van der Waals surface area contributed by atoms with E-state index >= 15 is 0 Å². The first-order chi connectivity index (χ1) is 18.1. The zero-order valence-corrected chi connectivity index (χ0v) is 21.2. The van der Waals surface area contributed by atoms with Gasteiger partial charge in [-0.25, -0.2) is 0 Å². The summed E-state index contributed by atoms with van der Waals surface area (Å²) in [6, 6.07) is 25.5. The van der Waals surface area contributed by atoms with E-state index in [4.69, 9.17) is 14.0 Å². The fourth-order valence-corrected chi connectivity index (χ4v) is 4.61. The molecule has 0 N–H and O–H groups in total. The Kier molecular flexibility index (Phi) is 7.51. The number of ether oxygens (including phenoxy) is 2. The van der Waals surface area contributed by atoms with Gasteiger partial charge in [-0.15, -0.1) is 0 Å². The lowest BCUT2D eigenvalue weighted by Crippen LogP contribution is -2.37. The number of benzene rings is 3. The number of rotatable bonds is 8. The van der Waals surface area contributed by atoms with Crippen LogP contribution in [0.15, 0.2) is 83.4 Å². The standard InChI is InChI=1S/C30H31N3O4/c1-22-8-6-11-24(18-22)28-27(30(37-31-28)32-14-16-36-17-15-32)21-33(20-23-9-4-3-5-10-23)29(34)25-12-7-13-26(19-25)35-2/h3-13,18-19H,14-17,20-21H2,1-2H3. The first-order valence-corrected chi connectivity index (χ1v) is 12.5. The molecule has 37 heavy (non-hydrogen) atoms. The topological polar surface area (TPSA) is 68.0 Å². The van der Waals surface area contributed by atoms with E-state index in [0.717, 1.165) is 27.9 Å². The van der Waals surface area contributed by atoms with Crippen LogP contribution < -0.4 is 9.64 Å². The van der Waals surface area contributed by atoms with Gasteiger partial charge in [-0.2, -0.15) is 0 Å². The molecule has 7 heteroatoms. The average Bonchev–Trinajstić information content (AvgIpc) is 3.37. The van der Waals surface area contributed by atoms with Gasteiger partial charge in [0, 0.05) is 30.8 Å². The number of morpholine rings is 1. The normalized spacial score (nSPS) is 13.4. The number of hydrogen-bond acceptors (Lipinski definition) is 6. The number of carbonyl (C=O) groups excluding carboxylic acids is 1. The predicted molar refractivity (Wildman–Crippen MR) is 143 cm³/mol. The number of aryl methyl sites for hydroxylation is 1. The molecule has 1 aliphatic heterocycles. The predicted octanol–water partition coefficient (Wildman–Crippen LogP) is 5.34. The molecule has 3 aromatic carbocycles. The monoisotopic (exact) mass is 497 g/mol. The summed E-state index contributed by atoms with van der Waals surface area (Å²) in [6.07, 6.45) is 0. The molecule has 0 atom stereocenters. The van der Waals surface area contributed by atoms with Gasteiger partial charge in [-0.1, -0.05) is 65.3 Å². The van der Waals surface area contributed by atoms with Crippen LogP contribution >= 0.6 is 0 Å².